The van der Waals surface area contributed by atoms with E-state index in [1.807, 2.05) is 6.07 Å². The van der Waals surface area contributed by atoms with Crippen molar-refractivity contribution in [1.29, 1.82) is 5.26 Å². The van der Waals surface area contributed by atoms with Crippen molar-refractivity contribution in [1.82, 2.24) is 9.55 Å². The summed E-state index contributed by atoms with van der Waals surface area (Å²) in [5.41, 5.74) is -0.711. The minimum absolute atomic E-state index is 0.132. The van der Waals surface area contributed by atoms with Gasteiger partial charge in [0, 0.05) is 12.6 Å². The molecule has 3 N–H and O–H groups in total. The molecular weight excluding hydrogens is 400 g/mol. The molecule has 0 aliphatic carbocycles. The average Bonchev–Trinajstić information content (AvgIpc) is 3.07. The van der Waals surface area contributed by atoms with E-state index in [1.54, 1.807) is 0 Å². The molecule has 0 bridgehead atoms. The van der Waals surface area contributed by atoms with Crippen LogP contribution in [0.5, 0.6) is 0 Å². The van der Waals surface area contributed by atoms with E-state index in [0.717, 1.165) is 23.8 Å². The Labute approximate surface area is 183 Å². The summed E-state index contributed by atoms with van der Waals surface area (Å²) >= 11 is 0. The number of aliphatic hydroxyl groups is 2. The predicted octanol–water partition coefficient (Wildman–Crippen LogP) is 2.49. The number of carbonyl (C=O) groups excluding carboxylic acids is 1. The standard InChI is InChI=1S/C22H34N4O5/c1-2-3-4-5-6-7-8-9-10-11-19(28)24-18-12-13-26(22(30)25-18)21-16(14-23)20(29)17(15-27)31-21/h12-13,16-17,20-21,27,29H,2-11,15H2,1H3,(H,24,25,28,30)/t16?,17-,20?,21-/m1/s1. The van der Waals surface area contributed by atoms with Crippen LogP contribution in [0.15, 0.2) is 17.1 Å². The van der Waals surface area contributed by atoms with Gasteiger partial charge in [-0.3, -0.25) is 9.36 Å². The van der Waals surface area contributed by atoms with Crippen molar-refractivity contribution in [3.05, 3.63) is 22.7 Å². The number of aromatic nitrogens is 2. The molecular formula is C22H34N4O5. The van der Waals surface area contributed by atoms with Gasteiger partial charge in [0.2, 0.25) is 5.91 Å². The van der Waals surface area contributed by atoms with Crippen molar-refractivity contribution in [2.75, 3.05) is 11.9 Å². The number of ether oxygens (including phenoxy) is 1. The van der Waals surface area contributed by atoms with Crippen LogP contribution in [0, 0.1) is 17.2 Å². The topological polar surface area (TPSA) is 137 Å². The number of hydrogen-bond donors (Lipinski definition) is 3. The Kier molecular flexibility index (Phi) is 10.6. The van der Waals surface area contributed by atoms with Gasteiger partial charge in [-0.1, -0.05) is 58.3 Å². The zero-order chi connectivity index (χ0) is 22.6. The van der Waals surface area contributed by atoms with Crippen molar-refractivity contribution in [3.8, 4) is 6.07 Å². The highest BCUT2D eigenvalue weighted by Crippen LogP contribution is 2.33. The first-order valence-corrected chi connectivity index (χ1v) is 11.2. The lowest BCUT2D eigenvalue weighted by Crippen LogP contribution is -2.32. The number of anilines is 1. The Balaban J connectivity index is 1.77. The maximum absolute atomic E-state index is 12.4. The van der Waals surface area contributed by atoms with Crippen LogP contribution in [0.25, 0.3) is 0 Å². The third kappa shape index (κ3) is 7.42. The molecule has 1 amide bonds. The van der Waals surface area contributed by atoms with Crippen LogP contribution in [0.1, 0.15) is 77.4 Å². The van der Waals surface area contributed by atoms with Gasteiger partial charge >= 0.3 is 5.69 Å². The molecule has 31 heavy (non-hydrogen) atoms. The SMILES string of the molecule is CCCCCCCCCCCC(=O)Nc1ccn([C@@H]2O[C@H](CO)C(O)C2C#N)c(=O)n1. The maximum atomic E-state index is 12.4. The van der Waals surface area contributed by atoms with Crippen LogP contribution in [-0.4, -0.2) is 44.5 Å². The van der Waals surface area contributed by atoms with Crippen LogP contribution >= 0.6 is 0 Å². The van der Waals surface area contributed by atoms with Crippen LogP contribution in [-0.2, 0) is 9.53 Å². The highest BCUT2D eigenvalue weighted by Gasteiger charge is 2.45. The molecule has 1 aromatic heterocycles. The van der Waals surface area contributed by atoms with E-state index in [1.165, 1.54) is 50.8 Å². The van der Waals surface area contributed by atoms with Crippen molar-refractivity contribution in [3.63, 3.8) is 0 Å². The quantitative estimate of drug-likeness (QED) is 0.406. The Morgan fingerprint density at radius 2 is 1.87 bits per heavy atom. The molecule has 1 aromatic rings. The first-order chi connectivity index (χ1) is 15.0. The molecule has 172 valence electrons. The molecule has 9 heteroatoms. The molecule has 9 nitrogen and oxygen atoms in total. The van der Waals surface area contributed by atoms with Gasteiger partial charge in [-0.2, -0.15) is 10.2 Å². The molecule has 0 spiro atoms. The summed E-state index contributed by atoms with van der Waals surface area (Å²) in [5.74, 6) is -1.08. The molecule has 1 aliphatic rings. The number of nitrogens with one attached hydrogen (secondary N) is 1. The second-order valence-electron chi connectivity index (χ2n) is 8.02. The van der Waals surface area contributed by atoms with Gasteiger partial charge in [0.25, 0.3) is 0 Å². The Hall–Kier alpha value is -2.28. The van der Waals surface area contributed by atoms with Crippen LogP contribution in [0.4, 0.5) is 5.82 Å². The van der Waals surface area contributed by atoms with Gasteiger partial charge < -0.3 is 20.3 Å². The molecule has 4 atom stereocenters. The highest BCUT2D eigenvalue weighted by atomic mass is 16.5. The lowest BCUT2D eigenvalue weighted by molar-refractivity contribution is -0.116. The number of amides is 1. The molecule has 1 fully saturated rings. The molecule has 2 heterocycles. The largest absolute Gasteiger partial charge is 0.394 e. The van der Waals surface area contributed by atoms with Crippen molar-refractivity contribution in [2.24, 2.45) is 5.92 Å². The zero-order valence-corrected chi connectivity index (χ0v) is 18.2. The van der Waals surface area contributed by atoms with E-state index in [0.29, 0.717) is 6.42 Å². The van der Waals surface area contributed by atoms with E-state index < -0.39 is 36.7 Å². The van der Waals surface area contributed by atoms with Gasteiger partial charge in [0.05, 0.1) is 12.7 Å². The van der Waals surface area contributed by atoms with Gasteiger partial charge in [0.15, 0.2) is 6.23 Å². The Morgan fingerprint density at radius 1 is 1.23 bits per heavy atom. The summed E-state index contributed by atoms with van der Waals surface area (Å²) in [4.78, 5) is 28.3. The lowest BCUT2D eigenvalue weighted by Gasteiger charge is -2.16. The molecule has 0 saturated carbocycles. The molecule has 0 radical (unpaired) electrons. The lowest BCUT2D eigenvalue weighted by atomic mass is 10.0. The fourth-order valence-corrected chi connectivity index (χ4v) is 3.75. The van der Waals surface area contributed by atoms with E-state index in [-0.39, 0.29) is 11.7 Å². The van der Waals surface area contributed by atoms with E-state index in [4.69, 9.17) is 4.74 Å². The number of carbonyl (C=O) groups is 1. The minimum Gasteiger partial charge on any atom is -0.394 e. The molecule has 1 saturated heterocycles. The van der Waals surface area contributed by atoms with Gasteiger partial charge in [-0.05, 0) is 12.5 Å². The average molecular weight is 435 g/mol. The minimum atomic E-state index is -1.21. The normalized spacial score (nSPS) is 22.9. The van der Waals surface area contributed by atoms with Crippen LogP contribution < -0.4 is 11.0 Å². The molecule has 2 rings (SSSR count). The van der Waals surface area contributed by atoms with Crippen LogP contribution in [0.3, 0.4) is 0 Å². The third-order valence-electron chi connectivity index (χ3n) is 5.58. The summed E-state index contributed by atoms with van der Waals surface area (Å²) in [7, 11) is 0. The zero-order valence-electron chi connectivity index (χ0n) is 18.2. The Bertz CT molecular complexity index is 791. The summed E-state index contributed by atoms with van der Waals surface area (Å²) in [5, 5.41) is 31.2. The van der Waals surface area contributed by atoms with E-state index in [9.17, 15) is 25.1 Å². The van der Waals surface area contributed by atoms with Crippen molar-refractivity contribution >= 4 is 11.7 Å². The highest BCUT2D eigenvalue weighted by molar-refractivity contribution is 5.89. The van der Waals surface area contributed by atoms with Crippen molar-refractivity contribution in [2.45, 2.75) is 89.6 Å². The maximum Gasteiger partial charge on any atom is 0.351 e. The number of rotatable bonds is 13. The van der Waals surface area contributed by atoms with Crippen molar-refractivity contribution < 1.29 is 19.7 Å². The first-order valence-electron chi connectivity index (χ1n) is 11.2. The molecule has 2 unspecified atom stereocenters. The Morgan fingerprint density at radius 3 is 2.45 bits per heavy atom. The van der Waals surface area contributed by atoms with E-state index >= 15 is 0 Å². The second-order valence-corrected chi connectivity index (χ2v) is 8.02. The second kappa shape index (κ2) is 13.2. The fourth-order valence-electron chi connectivity index (χ4n) is 3.75. The molecule has 0 aromatic carbocycles. The molecule has 1 aliphatic heterocycles. The monoisotopic (exact) mass is 434 g/mol. The number of nitriles is 1. The smallest absolute Gasteiger partial charge is 0.351 e. The summed E-state index contributed by atoms with van der Waals surface area (Å²) in [6.07, 6.45) is 9.03. The summed E-state index contributed by atoms with van der Waals surface area (Å²) in [6.45, 7) is 1.74. The number of aliphatic hydroxyl groups excluding tert-OH is 2. The predicted molar refractivity (Wildman–Crippen MR) is 115 cm³/mol. The third-order valence-corrected chi connectivity index (χ3v) is 5.58. The number of hydrogen-bond acceptors (Lipinski definition) is 7. The van der Waals surface area contributed by atoms with Gasteiger partial charge in [-0.25, -0.2) is 4.79 Å². The summed E-state index contributed by atoms with van der Waals surface area (Å²) < 4.78 is 6.53. The fraction of sp³-hybridized carbons (Fsp3) is 0.727. The van der Waals surface area contributed by atoms with E-state index in [2.05, 4.69) is 17.2 Å². The summed E-state index contributed by atoms with van der Waals surface area (Å²) in [6, 6.07) is 3.36. The first kappa shape index (κ1) is 25.0. The van der Waals surface area contributed by atoms with Gasteiger partial charge in [-0.15, -0.1) is 0 Å². The van der Waals surface area contributed by atoms with Gasteiger partial charge in [0.1, 0.15) is 23.9 Å². The van der Waals surface area contributed by atoms with Crippen LogP contribution in [0.2, 0.25) is 0 Å². The number of nitrogens with zero attached hydrogens (tertiary/aromatic N) is 3. The number of unbranched alkanes of at least 4 members (excludes halogenated alkanes) is 8.